The molecule has 0 saturated heterocycles. The van der Waals surface area contributed by atoms with Crippen LogP contribution in [0.25, 0.3) is 31.9 Å². The maximum absolute atomic E-state index is 13.5. The fraction of sp³-hybridized carbons (Fsp3) is 0.0909. The smallest absolute Gasteiger partial charge is 0.233 e. The summed E-state index contributed by atoms with van der Waals surface area (Å²) in [6, 6.07) is 20.6. The molecule has 5 aromatic rings. The number of hydrogen-bond donors (Lipinski definition) is 0. The van der Waals surface area contributed by atoms with Crippen LogP contribution in [0.4, 0.5) is 0 Å². The van der Waals surface area contributed by atoms with Crippen molar-refractivity contribution in [2.45, 2.75) is 18.7 Å². The first kappa shape index (κ1) is 16.5. The minimum atomic E-state index is -3.71. The molecular formula is C22H17NO2S2. The van der Waals surface area contributed by atoms with Crippen molar-refractivity contribution >= 4 is 53.3 Å². The maximum atomic E-state index is 13.5. The van der Waals surface area contributed by atoms with Gasteiger partial charge >= 0.3 is 0 Å². The molecule has 27 heavy (non-hydrogen) atoms. The monoisotopic (exact) mass is 391 g/mol. The molecule has 0 aliphatic heterocycles. The van der Waals surface area contributed by atoms with Gasteiger partial charge in [0.2, 0.25) is 0 Å². The molecule has 3 nitrogen and oxygen atoms in total. The van der Waals surface area contributed by atoms with E-state index in [9.17, 15) is 8.42 Å². The summed E-state index contributed by atoms with van der Waals surface area (Å²) >= 11 is 1.70. The van der Waals surface area contributed by atoms with Crippen molar-refractivity contribution in [3.63, 3.8) is 0 Å². The highest BCUT2D eigenvalue weighted by Gasteiger charge is 2.24. The Morgan fingerprint density at radius 1 is 0.815 bits per heavy atom. The summed E-state index contributed by atoms with van der Waals surface area (Å²) in [6.07, 6.45) is 0. The zero-order valence-electron chi connectivity index (χ0n) is 14.9. The lowest BCUT2D eigenvalue weighted by Crippen LogP contribution is -2.12. The highest BCUT2D eigenvalue weighted by Crippen LogP contribution is 2.40. The third kappa shape index (κ3) is 2.28. The van der Waals surface area contributed by atoms with E-state index in [1.54, 1.807) is 35.6 Å². The van der Waals surface area contributed by atoms with Crippen LogP contribution < -0.4 is 0 Å². The number of rotatable bonds is 2. The molecule has 0 aliphatic carbocycles. The number of fused-ring (bicyclic) bond motifs is 4. The normalized spacial score (nSPS) is 12.4. The molecule has 2 heterocycles. The number of thiophene rings is 1. The van der Waals surface area contributed by atoms with Gasteiger partial charge in [0.1, 0.15) is 0 Å². The van der Waals surface area contributed by atoms with Gasteiger partial charge in [0.15, 0.2) is 0 Å². The summed E-state index contributed by atoms with van der Waals surface area (Å²) in [5.74, 6) is 0. The third-order valence-corrected chi connectivity index (χ3v) is 7.82. The lowest BCUT2D eigenvalue weighted by atomic mass is 10.0. The van der Waals surface area contributed by atoms with E-state index in [4.69, 9.17) is 0 Å². The molecule has 0 aliphatic rings. The lowest BCUT2D eigenvalue weighted by molar-refractivity contribution is 0.590. The van der Waals surface area contributed by atoms with Gasteiger partial charge in [-0.2, -0.15) is 0 Å². The number of benzene rings is 3. The Morgan fingerprint density at radius 3 is 2.30 bits per heavy atom. The topological polar surface area (TPSA) is 39.1 Å². The average Bonchev–Trinajstić information content (AvgIpc) is 3.20. The van der Waals surface area contributed by atoms with Crippen molar-refractivity contribution in [1.82, 2.24) is 3.97 Å². The van der Waals surface area contributed by atoms with Crippen molar-refractivity contribution in [3.05, 3.63) is 77.2 Å². The Morgan fingerprint density at radius 2 is 1.52 bits per heavy atom. The Bertz CT molecular complexity index is 1440. The first-order valence-electron chi connectivity index (χ1n) is 8.72. The van der Waals surface area contributed by atoms with Gasteiger partial charge in [-0.05, 0) is 55.1 Å². The molecule has 0 atom stereocenters. The van der Waals surface area contributed by atoms with E-state index in [0.717, 1.165) is 26.6 Å². The van der Waals surface area contributed by atoms with Gasteiger partial charge in [-0.3, -0.25) is 0 Å². The summed E-state index contributed by atoms with van der Waals surface area (Å²) in [4.78, 5) is 1.52. The molecule has 0 unspecified atom stereocenters. The standard InChI is InChI=1S/C22H17NO2S2/c1-14-12-18-15(2)22-17-10-6-7-11-19(17)23(20(22)13-21(18)26-14)27(24,25)16-8-4-3-5-9-16/h3-13H,1-2H3. The predicted molar refractivity (Wildman–Crippen MR) is 113 cm³/mol. The zero-order valence-corrected chi connectivity index (χ0v) is 16.6. The number of hydrogen-bond acceptors (Lipinski definition) is 3. The van der Waals surface area contributed by atoms with E-state index in [2.05, 4.69) is 19.9 Å². The second-order valence-corrected chi connectivity index (χ2v) is 9.84. The summed E-state index contributed by atoms with van der Waals surface area (Å²) in [5.41, 5.74) is 2.59. The van der Waals surface area contributed by atoms with Crippen molar-refractivity contribution < 1.29 is 8.42 Å². The molecule has 5 rings (SSSR count). The molecule has 0 N–H and O–H groups in total. The first-order valence-corrected chi connectivity index (χ1v) is 11.0. The summed E-state index contributed by atoms with van der Waals surface area (Å²) in [7, 11) is -3.71. The van der Waals surface area contributed by atoms with Crippen LogP contribution in [0.3, 0.4) is 0 Å². The molecule has 3 aromatic carbocycles. The van der Waals surface area contributed by atoms with Crippen LogP contribution in [0.5, 0.6) is 0 Å². The van der Waals surface area contributed by atoms with E-state index in [0.29, 0.717) is 10.4 Å². The molecule has 0 radical (unpaired) electrons. The molecule has 0 fully saturated rings. The fourth-order valence-electron chi connectivity index (χ4n) is 3.90. The van der Waals surface area contributed by atoms with Crippen molar-refractivity contribution in [2.75, 3.05) is 0 Å². The Balaban J connectivity index is 2.02. The van der Waals surface area contributed by atoms with Crippen LogP contribution in [0.1, 0.15) is 10.4 Å². The average molecular weight is 392 g/mol. The summed E-state index contributed by atoms with van der Waals surface area (Å²) in [6.45, 7) is 4.17. The molecule has 0 spiro atoms. The van der Waals surface area contributed by atoms with E-state index in [-0.39, 0.29) is 0 Å². The van der Waals surface area contributed by atoms with Crippen molar-refractivity contribution in [1.29, 1.82) is 0 Å². The van der Waals surface area contributed by atoms with E-state index >= 15 is 0 Å². The van der Waals surface area contributed by atoms with Crippen LogP contribution in [0.15, 0.2) is 71.6 Å². The van der Waals surface area contributed by atoms with Gasteiger partial charge in [-0.1, -0.05) is 36.4 Å². The summed E-state index contributed by atoms with van der Waals surface area (Å²) in [5, 5.41) is 3.18. The van der Waals surface area contributed by atoms with Gasteiger partial charge < -0.3 is 0 Å². The Hall–Kier alpha value is -2.63. The summed E-state index contributed by atoms with van der Waals surface area (Å²) < 4.78 is 29.7. The fourth-order valence-corrected chi connectivity index (χ4v) is 6.45. The molecule has 0 bridgehead atoms. The first-order chi connectivity index (χ1) is 13.0. The zero-order chi connectivity index (χ0) is 18.8. The molecule has 134 valence electrons. The van der Waals surface area contributed by atoms with Crippen LogP contribution in [-0.4, -0.2) is 12.4 Å². The van der Waals surface area contributed by atoms with E-state index < -0.39 is 10.0 Å². The highest BCUT2D eigenvalue weighted by molar-refractivity contribution is 7.90. The third-order valence-electron chi connectivity index (χ3n) is 5.08. The highest BCUT2D eigenvalue weighted by atomic mass is 32.2. The van der Waals surface area contributed by atoms with Gasteiger partial charge in [0.25, 0.3) is 10.0 Å². The number of nitrogens with zero attached hydrogens (tertiary/aromatic N) is 1. The van der Waals surface area contributed by atoms with Crippen molar-refractivity contribution in [3.8, 4) is 0 Å². The minimum absolute atomic E-state index is 0.299. The molecule has 0 saturated carbocycles. The van der Waals surface area contributed by atoms with E-state index in [1.165, 1.54) is 14.2 Å². The van der Waals surface area contributed by atoms with Gasteiger partial charge in [-0.25, -0.2) is 12.4 Å². The maximum Gasteiger partial charge on any atom is 0.268 e. The van der Waals surface area contributed by atoms with Gasteiger partial charge in [0.05, 0.1) is 15.9 Å². The Kier molecular flexibility index (Phi) is 3.48. The van der Waals surface area contributed by atoms with Gasteiger partial charge in [-0.15, -0.1) is 11.3 Å². The quantitative estimate of drug-likeness (QED) is 0.378. The minimum Gasteiger partial charge on any atom is -0.233 e. The molecule has 5 heteroatoms. The molecule has 2 aromatic heterocycles. The largest absolute Gasteiger partial charge is 0.268 e. The second kappa shape index (κ2) is 5.68. The Labute approximate surface area is 161 Å². The lowest BCUT2D eigenvalue weighted by Gasteiger charge is -2.09. The molecular weight excluding hydrogens is 374 g/mol. The van der Waals surface area contributed by atoms with Crippen LogP contribution >= 0.6 is 11.3 Å². The van der Waals surface area contributed by atoms with Gasteiger partial charge in [0, 0.05) is 20.3 Å². The SMILES string of the molecule is Cc1cc2c(C)c3c4ccccc4n(S(=O)(=O)c4ccccc4)c3cc2s1. The number of para-hydroxylation sites is 1. The van der Waals surface area contributed by atoms with Crippen LogP contribution in [0.2, 0.25) is 0 Å². The van der Waals surface area contributed by atoms with Crippen LogP contribution in [0, 0.1) is 13.8 Å². The molecule has 0 amide bonds. The second-order valence-electron chi connectivity index (χ2n) is 6.76. The van der Waals surface area contributed by atoms with Crippen LogP contribution in [-0.2, 0) is 10.0 Å². The van der Waals surface area contributed by atoms with Crippen molar-refractivity contribution in [2.24, 2.45) is 0 Å². The number of aryl methyl sites for hydroxylation is 2. The predicted octanol–water partition coefficient (Wildman–Crippen LogP) is 5.86. The van der Waals surface area contributed by atoms with E-state index in [1.807, 2.05) is 36.4 Å². The number of aromatic nitrogens is 1.